The van der Waals surface area contributed by atoms with Gasteiger partial charge in [-0.1, -0.05) is 0 Å². The van der Waals surface area contributed by atoms with Gasteiger partial charge in [0.25, 0.3) is 5.91 Å². The summed E-state index contributed by atoms with van der Waals surface area (Å²) in [6.07, 6.45) is 0.683. The summed E-state index contributed by atoms with van der Waals surface area (Å²) in [6, 6.07) is 3.10. The molecule has 15 heteroatoms. The summed E-state index contributed by atoms with van der Waals surface area (Å²) in [5.41, 5.74) is 6.11. The molecule has 1 aliphatic rings. The summed E-state index contributed by atoms with van der Waals surface area (Å²) in [7, 11) is 0. The summed E-state index contributed by atoms with van der Waals surface area (Å²) < 4.78 is 55.8. The number of aromatic nitrogens is 4. The van der Waals surface area contributed by atoms with Gasteiger partial charge in [0.1, 0.15) is 46.4 Å². The Morgan fingerprint density at radius 2 is 1.98 bits per heavy atom. The van der Waals surface area contributed by atoms with Gasteiger partial charge in [0.05, 0.1) is 31.1 Å². The molecule has 0 fully saturated rings. The first-order chi connectivity index (χ1) is 19.2. The number of halogens is 3. The zero-order valence-corrected chi connectivity index (χ0v) is 21.2. The lowest BCUT2D eigenvalue weighted by atomic mass is 10.0. The summed E-state index contributed by atoms with van der Waals surface area (Å²) in [4.78, 5) is 33.2. The van der Waals surface area contributed by atoms with Gasteiger partial charge in [0.2, 0.25) is 5.88 Å². The van der Waals surface area contributed by atoms with Crippen LogP contribution in [0.3, 0.4) is 0 Å². The minimum absolute atomic E-state index is 0.000777. The molecule has 0 aliphatic carbocycles. The number of carbonyl (C=O) groups excluding carboxylic acids is 2. The van der Waals surface area contributed by atoms with Gasteiger partial charge in [-0.2, -0.15) is 9.61 Å². The molecule has 1 aromatic carbocycles. The topological polar surface area (TPSA) is 158 Å². The summed E-state index contributed by atoms with van der Waals surface area (Å²) >= 11 is 0. The van der Waals surface area contributed by atoms with Crippen LogP contribution in [0.25, 0.3) is 16.8 Å². The number of anilines is 3. The molecule has 0 radical (unpaired) electrons. The maximum Gasteiger partial charge on any atom is 0.411 e. The lowest BCUT2D eigenvalue weighted by Crippen LogP contribution is -2.33. The van der Waals surface area contributed by atoms with Crippen LogP contribution in [0.4, 0.5) is 35.3 Å². The van der Waals surface area contributed by atoms with E-state index in [4.69, 9.17) is 15.2 Å². The van der Waals surface area contributed by atoms with Crippen LogP contribution in [0.15, 0.2) is 30.6 Å². The molecule has 0 spiro atoms. The van der Waals surface area contributed by atoms with Crippen LogP contribution in [-0.2, 0) is 11.3 Å². The number of carbonyl (C=O) groups is 2. The van der Waals surface area contributed by atoms with Gasteiger partial charge in [0.15, 0.2) is 5.65 Å². The molecule has 5 N–H and O–H groups in total. The van der Waals surface area contributed by atoms with Crippen LogP contribution in [0.5, 0.6) is 5.88 Å². The second-order valence-electron chi connectivity index (χ2n) is 8.78. The van der Waals surface area contributed by atoms with E-state index in [2.05, 4.69) is 25.7 Å². The predicted molar refractivity (Wildman–Crippen MR) is 137 cm³/mol. The van der Waals surface area contributed by atoms with Gasteiger partial charge in [-0.25, -0.2) is 27.9 Å². The minimum Gasteiger partial charge on any atom is -0.473 e. The Balaban J connectivity index is 1.66. The number of fused-ring (bicyclic) bond motifs is 2. The lowest BCUT2D eigenvalue weighted by molar-refractivity contribution is 0.0932. The molecule has 1 aliphatic heterocycles. The number of rotatable bonds is 3. The van der Waals surface area contributed by atoms with Crippen molar-refractivity contribution >= 4 is 35.0 Å². The maximum absolute atomic E-state index is 15.0. The molecule has 4 heterocycles. The third-order valence-electron chi connectivity index (χ3n) is 5.96. The zero-order valence-electron chi connectivity index (χ0n) is 21.2. The molecule has 2 bridgehead atoms. The molecule has 2 amide bonds. The SMILES string of the molecule is CCOC(=O)Nc1c(F)cc(-c2c3nc4c(cnn4c2N)C(=O)NC[C@H](C)Oc2ncc(F)cc2CN3)cc1F. The summed E-state index contributed by atoms with van der Waals surface area (Å²) in [5, 5.41) is 11.9. The van der Waals surface area contributed by atoms with Crippen LogP contribution in [-0.4, -0.2) is 50.8 Å². The summed E-state index contributed by atoms with van der Waals surface area (Å²) in [5.74, 6) is -3.35. The average Bonchev–Trinajstić information content (AvgIpc) is 3.33. The number of hydrogen-bond acceptors (Lipinski definition) is 9. The molecule has 12 nitrogen and oxygen atoms in total. The number of nitrogens with one attached hydrogen (secondary N) is 3. The normalized spacial score (nSPS) is 15.1. The molecule has 0 saturated carbocycles. The average molecular weight is 557 g/mol. The Morgan fingerprint density at radius 3 is 2.70 bits per heavy atom. The first kappa shape index (κ1) is 26.5. The van der Waals surface area contributed by atoms with Crippen LogP contribution in [0.2, 0.25) is 0 Å². The van der Waals surface area contributed by atoms with Crippen molar-refractivity contribution in [2.45, 2.75) is 26.5 Å². The van der Waals surface area contributed by atoms with Crippen LogP contribution < -0.4 is 26.4 Å². The fourth-order valence-corrected chi connectivity index (χ4v) is 4.14. The Morgan fingerprint density at radius 1 is 1.23 bits per heavy atom. The van der Waals surface area contributed by atoms with Crippen molar-refractivity contribution in [3.05, 3.63) is 59.2 Å². The number of nitrogens with zero attached hydrogens (tertiary/aromatic N) is 4. The van der Waals surface area contributed by atoms with E-state index in [0.717, 1.165) is 22.8 Å². The molecule has 1 atom stereocenters. The van der Waals surface area contributed by atoms with E-state index in [1.54, 1.807) is 13.8 Å². The highest BCUT2D eigenvalue weighted by atomic mass is 19.1. The van der Waals surface area contributed by atoms with Crippen molar-refractivity contribution in [2.75, 3.05) is 29.5 Å². The molecule has 4 aromatic rings. The third-order valence-corrected chi connectivity index (χ3v) is 5.96. The van der Waals surface area contributed by atoms with E-state index in [-0.39, 0.29) is 59.5 Å². The number of nitrogens with two attached hydrogens (primary N) is 1. The largest absolute Gasteiger partial charge is 0.473 e. The van der Waals surface area contributed by atoms with Crippen molar-refractivity contribution in [1.29, 1.82) is 0 Å². The predicted octanol–water partition coefficient (Wildman–Crippen LogP) is 3.48. The van der Waals surface area contributed by atoms with Gasteiger partial charge >= 0.3 is 6.09 Å². The van der Waals surface area contributed by atoms with E-state index < -0.39 is 41.2 Å². The highest BCUT2D eigenvalue weighted by molar-refractivity contribution is 6.01. The van der Waals surface area contributed by atoms with Gasteiger partial charge in [-0.15, -0.1) is 0 Å². The number of ether oxygens (including phenoxy) is 2. The first-order valence-corrected chi connectivity index (χ1v) is 12.1. The van der Waals surface area contributed by atoms with Gasteiger partial charge in [0, 0.05) is 12.1 Å². The number of hydrogen-bond donors (Lipinski definition) is 4. The number of benzene rings is 1. The maximum atomic E-state index is 15.0. The van der Waals surface area contributed by atoms with E-state index in [0.29, 0.717) is 5.56 Å². The fourth-order valence-electron chi connectivity index (χ4n) is 4.14. The van der Waals surface area contributed by atoms with Crippen molar-refractivity contribution in [3.8, 4) is 17.0 Å². The van der Waals surface area contributed by atoms with Crippen molar-refractivity contribution in [2.24, 2.45) is 0 Å². The Kier molecular flexibility index (Phi) is 7.02. The monoisotopic (exact) mass is 556 g/mol. The standard InChI is InChI=1S/C25H23F3N8O4/c1-3-39-25(38)34-19-16(27)5-12(6-17(19)28)18-20(29)36-22-15(10-33-36)23(37)31-7-11(2)40-24-13(4-14(26)9-32-24)8-30-21(18)35-22/h4-6,9-11H,3,7-8,29H2,1-2H3,(H,30,35)(H,31,37)(H,34,38)/t11-/m0/s1. The van der Waals surface area contributed by atoms with Gasteiger partial charge in [-0.3, -0.25) is 10.1 Å². The molecular formula is C25H23F3N8O4. The number of amides is 2. The van der Waals surface area contributed by atoms with Crippen LogP contribution in [0.1, 0.15) is 29.8 Å². The van der Waals surface area contributed by atoms with E-state index >= 15 is 8.78 Å². The van der Waals surface area contributed by atoms with Gasteiger partial charge in [-0.05, 0) is 37.6 Å². The number of nitrogen functional groups attached to an aromatic ring is 1. The lowest BCUT2D eigenvalue weighted by Gasteiger charge is -2.18. The van der Waals surface area contributed by atoms with Gasteiger partial charge < -0.3 is 25.8 Å². The molecule has 5 rings (SSSR count). The molecule has 0 unspecified atom stereocenters. The van der Waals surface area contributed by atoms with Crippen LogP contribution >= 0.6 is 0 Å². The highest BCUT2D eigenvalue weighted by Gasteiger charge is 2.25. The highest BCUT2D eigenvalue weighted by Crippen LogP contribution is 2.37. The molecular weight excluding hydrogens is 533 g/mol. The van der Waals surface area contributed by atoms with E-state index in [9.17, 15) is 14.0 Å². The van der Waals surface area contributed by atoms with E-state index in [1.807, 2.05) is 5.32 Å². The molecule has 208 valence electrons. The van der Waals surface area contributed by atoms with Crippen molar-refractivity contribution in [1.82, 2.24) is 24.9 Å². The Bertz CT molecular complexity index is 1620. The quantitative estimate of drug-likeness (QED) is 0.296. The molecule has 0 saturated heterocycles. The zero-order chi connectivity index (χ0) is 28.6. The minimum atomic E-state index is -1.11. The molecule has 3 aromatic heterocycles. The van der Waals surface area contributed by atoms with Crippen molar-refractivity contribution < 1.29 is 32.2 Å². The van der Waals surface area contributed by atoms with Crippen molar-refractivity contribution in [3.63, 3.8) is 0 Å². The number of pyridine rings is 1. The smallest absolute Gasteiger partial charge is 0.411 e. The fraction of sp³-hybridized carbons (Fsp3) is 0.240. The Hall–Kier alpha value is -5.08. The van der Waals surface area contributed by atoms with Crippen LogP contribution in [0, 0.1) is 17.5 Å². The second kappa shape index (κ2) is 10.6. The second-order valence-corrected chi connectivity index (χ2v) is 8.78. The third kappa shape index (κ3) is 5.00. The Labute approximate surface area is 224 Å². The van der Waals surface area contributed by atoms with E-state index in [1.165, 1.54) is 12.3 Å². The first-order valence-electron chi connectivity index (χ1n) is 12.1. The molecule has 40 heavy (non-hydrogen) atoms. The summed E-state index contributed by atoms with van der Waals surface area (Å²) in [6.45, 7) is 3.25.